The molecule has 7 aromatic carbocycles. The number of fused-ring (bicyclic) bond motifs is 1. The zero-order valence-corrected chi connectivity index (χ0v) is 38.5. The summed E-state index contributed by atoms with van der Waals surface area (Å²) in [4.78, 5) is 10.4. The van der Waals surface area contributed by atoms with Crippen molar-refractivity contribution in [3.63, 3.8) is 0 Å². The number of aromatic hydroxyl groups is 1. The SMILES string of the molecule is [2H]C(C)(C)c1cc(-c2ccccc2)c(-n2c(-c3cc(C)cc(C)c3O)nc3c(-c4[c-]c(-c5cc(-c6ccccc6)ccn5)cc(C(C)(C)C)c4)cccc32)cc1-c1ccccc1.[Pt]. The third-order valence-electron chi connectivity index (χ3n) is 11.6. The average Bonchev–Trinajstić information content (AvgIpc) is 3.67. The molecule has 0 radical (unpaired) electrons. The molecule has 0 fully saturated rings. The summed E-state index contributed by atoms with van der Waals surface area (Å²) in [5, 5.41) is 11.9. The maximum atomic E-state index is 11.9. The minimum atomic E-state index is -0.909. The number of para-hydroxylation sites is 1. The number of aromatic nitrogens is 3. The Balaban J connectivity index is 0.00000544. The van der Waals surface area contributed by atoms with Gasteiger partial charge in [0.1, 0.15) is 11.6 Å². The molecule has 0 atom stereocenters. The number of hydrogen-bond acceptors (Lipinski definition) is 3. The van der Waals surface area contributed by atoms with Gasteiger partial charge in [-0.25, -0.2) is 4.98 Å². The van der Waals surface area contributed by atoms with Crippen molar-refractivity contribution in [3.05, 3.63) is 192 Å². The second-order valence-electron chi connectivity index (χ2n) is 17.3. The van der Waals surface area contributed by atoms with Gasteiger partial charge in [0.15, 0.2) is 0 Å². The van der Waals surface area contributed by atoms with E-state index in [1.165, 1.54) is 0 Å². The second-order valence-corrected chi connectivity index (χ2v) is 17.3. The molecule has 4 nitrogen and oxygen atoms in total. The number of hydrogen-bond donors (Lipinski definition) is 1. The van der Waals surface area contributed by atoms with Crippen molar-refractivity contribution in [2.24, 2.45) is 0 Å². The molecular formula is C57H50N3OPt-. The summed E-state index contributed by atoms with van der Waals surface area (Å²) in [7, 11) is 0. The minimum Gasteiger partial charge on any atom is -0.507 e. The van der Waals surface area contributed by atoms with Gasteiger partial charge in [-0.3, -0.25) is 9.55 Å². The van der Waals surface area contributed by atoms with Crippen LogP contribution in [0.4, 0.5) is 0 Å². The van der Waals surface area contributed by atoms with Crippen LogP contribution in [0.25, 0.3) is 83.9 Å². The van der Waals surface area contributed by atoms with E-state index < -0.39 is 5.89 Å². The van der Waals surface area contributed by atoms with E-state index in [1.807, 2.05) is 69.4 Å². The van der Waals surface area contributed by atoms with Crippen LogP contribution in [-0.4, -0.2) is 19.6 Å². The van der Waals surface area contributed by atoms with Crippen LogP contribution in [0.1, 0.15) is 64.1 Å². The van der Waals surface area contributed by atoms with Crippen molar-refractivity contribution in [1.29, 1.82) is 0 Å². The Hall–Kier alpha value is -6.35. The summed E-state index contributed by atoms with van der Waals surface area (Å²) < 4.78 is 11.6. The van der Waals surface area contributed by atoms with Gasteiger partial charge in [0.25, 0.3) is 0 Å². The molecule has 1 N–H and O–H groups in total. The van der Waals surface area contributed by atoms with Crippen molar-refractivity contribution in [2.75, 3.05) is 0 Å². The fraction of sp³-hybridized carbons (Fsp3) is 0.158. The van der Waals surface area contributed by atoms with Gasteiger partial charge >= 0.3 is 0 Å². The topological polar surface area (TPSA) is 50.9 Å². The van der Waals surface area contributed by atoms with Crippen LogP contribution in [0.5, 0.6) is 5.75 Å². The third-order valence-corrected chi connectivity index (χ3v) is 11.6. The first kappa shape index (κ1) is 41.0. The fourth-order valence-corrected chi connectivity index (χ4v) is 8.44. The quantitative estimate of drug-likeness (QED) is 0.154. The number of imidazole rings is 1. The Bertz CT molecular complexity index is 3110. The van der Waals surface area contributed by atoms with Crippen LogP contribution in [-0.2, 0) is 26.5 Å². The van der Waals surface area contributed by atoms with E-state index in [9.17, 15) is 6.48 Å². The molecule has 62 heavy (non-hydrogen) atoms. The van der Waals surface area contributed by atoms with Gasteiger partial charge in [0.2, 0.25) is 0 Å². The van der Waals surface area contributed by atoms with Crippen LogP contribution >= 0.6 is 0 Å². The summed E-state index contributed by atoms with van der Waals surface area (Å²) in [5.74, 6) is -0.0990. The summed E-state index contributed by atoms with van der Waals surface area (Å²) in [6, 6.07) is 58.3. The molecule has 0 aliphatic carbocycles. The van der Waals surface area contributed by atoms with E-state index in [1.54, 1.807) is 0 Å². The van der Waals surface area contributed by atoms with Crippen molar-refractivity contribution in [1.82, 2.24) is 14.5 Å². The van der Waals surface area contributed by atoms with E-state index in [2.05, 4.69) is 154 Å². The Morgan fingerprint density at radius 2 is 1.26 bits per heavy atom. The normalized spacial score (nSPS) is 12.0. The largest absolute Gasteiger partial charge is 0.507 e. The molecule has 0 amide bonds. The molecule has 5 heteroatoms. The molecule has 0 aliphatic rings. The molecule has 0 saturated heterocycles. The number of phenols is 1. The van der Waals surface area contributed by atoms with Crippen LogP contribution in [0.15, 0.2) is 164 Å². The Kier molecular flexibility index (Phi) is 11.4. The Morgan fingerprint density at radius 1 is 0.629 bits per heavy atom. The standard InChI is InChI=1S/C57H50N3O.Pt/c1-36(2)47-34-49(41-22-15-10-16-23-41)53(35-48(47)40-20-13-9-14-21-40)60-52-25-17-24-46(54(52)59-56(60)50-29-37(3)28-38(4)55(50)61)43-30-44(32-45(31-43)57(5,6)7)51-33-42(26-27-58-51)39-18-11-8-12-19-39;/h8-29,31-36,61H,1-7H3;/q-1;/i36D;. The number of phenolic OH excluding ortho intramolecular Hbond substituents is 1. The zero-order valence-electron chi connectivity index (χ0n) is 37.2. The molecule has 2 aromatic heterocycles. The summed E-state index contributed by atoms with van der Waals surface area (Å²) in [6.45, 7) is 14.6. The van der Waals surface area contributed by atoms with Gasteiger partial charge in [-0.2, -0.15) is 0 Å². The number of rotatable bonds is 8. The maximum absolute atomic E-state index is 11.9. The van der Waals surface area contributed by atoms with Crippen LogP contribution < -0.4 is 0 Å². The molecule has 0 saturated carbocycles. The molecule has 0 spiro atoms. The van der Waals surface area contributed by atoms with Gasteiger partial charge in [0, 0.05) is 39.9 Å². The molecule has 310 valence electrons. The first-order valence-electron chi connectivity index (χ1n) is 21.5. The molecule has 0 aliphatic heterocycles. The van der Waals surface area contributed by atoms with E-state index >= 15 is 0 Å². The third kappa shape index (κ3) is 8.08. The summed E-state index contributed by atoms with van der Waals surface area (Å²) in [6.07, 6.45) is 1.88. The van der Waals surface area contributed by atoms with Crippen molar-refractivity contribution < 1.29 is 27.5 Å². The van der Waals surface area contributed by atoms with Crippen molar-refractivity contribution in [2.45, 2.75) is 59.8 Å². The molecule has 0 bridgehead atoms. The second kappa shape index (κ2) is 17.2. The summed E-state index contributed by atoms with van der Waals surface area (Å²) >= 11 is 0. The smallest absolute Gasteiger partial charge is 0.148 e. The van der Waals surface area contributed by atoms with Crippen molar-refractivity contribution in [3.8, 4) is 78.6 Å². The Morgan fingerprint density at radius 3 is 1.90 bits per heavy atom. The van der Waals surface area contributed by atoms with E-state index in [0.717, 1.165) is 94.7 Å². The molecule has 0 unspecified atom stereocenters. The first-order valence-corrected chi connectivity index (χ1v) is 21.0. The van der Waals surface area contributed by atoms with E-state index in [-0.39, 0.29) is 32.2 Å². The molecular weight excluding hydrogens is 938 g/mol. The van der Waals surface area contributed by atoms with Gasteiger partial charge in [-0.1, -0.05) is 161 Å². The first-order chi connectivity index (χ1) is 29.7. The van der Waals surface area contributed by atoms with E-state index in [0.29, 0.717) is 11.4 Å². The fourth-order valence-electron chi connectivity index (χ4n) is 8.44. The van der Waals surface area contributed by atoms with Gasteiger partial charge in [0.05, 0.1) is 22.3 Å². The number of pyridine rings is 1. The van der Waals surface area contributed by atoms with Gasteiger partial charge < -0.3 is 5.11 Å². The minimum absolute atomic E-state index is 0. The number of nitrogens with zero attached hydrogens (tertiary/aromatic N) is 3. The average molecular weight is 989 g/mol. The van der Waals surface area contributed by atoms with E-state index in [4.69, 9.17) is 9.97 Å². The molecule has 2 heterocycles. The van der Waals surface area contributed by atoms with Crippen molar-refractivity contribution >= 4 is 11.0 Å². The van der Waals surface area contributed by atoms with Gasteiger partial charge in [-0.15, -0.1) is 29.3 Å². The number of benzene rings is 7. The predicted octanol–water partition coefficient (Wildman–Crippen LogP) is 15.0. The predicted molar refractivity (Wildman–Crippen MR) is 254 cm³/mol. The van der Waals surface area contributed by atoms with Crippen LogP contribution in [0.2, 0.25) is 0 Å². The zero-order chi connectivity index (χ0) is 43.3. The van der Waals surface area contributed by atoms with Gasteiger partial charge in [-0.05, 0) is 100.0 Å². The molecule has 9 aromatic rings. The van der Waals surface area contributed by atoms with Crippen LogP contribution in [0, 0.1) is 19.9 Å². The monoisotopic (exact) mass is 988 g/mol. The summed E-state index contributed by atoms with van der Waals surface area (Å²) in [5.41, 5.74) is 16.7. The van der Waals surface area contributed by atoms with Crippen LogP contribution in [0.3, 0.4) is 0 Å². The Labute approximate surface area is 381 Å². The maximum Gasteiger partial charge on any atom is 0.148 e. The number of aryl methyl sites for hydroxylation is 2. The molecule has 9 rings (SSSR count).